The zero-order valence-electron chi connectivity index (χ0n) is 14.0. The van der Waals surface area contributed by atoms with Gasteiger partial charge in [0.1, 0.15) is 0 Å². The Bertz CT molecular complexity index is 694. The van der Waals surface area contributed by atoms with E-state index in [1.54, 1.807) is 0 Å². The Balaban J connectivity index is 1.60. The maximum atomic E-state index is 12.6. The first-order valence-electron chi connectivity index (χ1n) is 8.71. The molecule has 0 bridgehead atoms. The molecule has 0 aromatic heterocycles. The number of benzene rings is 1. The number of sulfonamides is 1. The first kappa shape index (κ1) is 17.1. The van der Waals surface area contributed by atoms with Crippen LogP contribution in [0.4, 0.5) is 5.69 Å². The normalized spacial score (nSPS) is 19.2. The van der Waals surface area contributed by atoms with Gasteiger partial charge in [-0.25, -0.2) is 8.42 Å². The van der Waals surface area contributed by atoms with Crippen molar-refractivity contribution in [1.29, 1.82) is 0 Å². The molecule has 0 radical (unpaired) electrons. The lowest BCUT2D eigenvalue weighted by molar-refractivity contribution is 0.429. The van der Waals surface area contributed by atoms with Crippen LogP contribution in [0.15, 0.2) is 29.3 Å². The van der Waals surface area contributed by atoms with Crippen LogP contribution in [0.5, 0.6) is 0 Å². The Kier molecular flexibility index (Phi) is 5.28. The molecule has 0 unspecified atom stereocenters. The SMILES string of the molecule is NC(=NCCS(=O)(=O)N1CCc2ccccc21)N1CCCCCC1. The van der Waals surface area contributed by atoms with Gasteiger partial charge >= 0.3 is 0 Å². The summed E-state index contributed by atoms with van der Waals surface area (Å²) in [5.74, 6) is 0.476. The van der Waals surface area contributed by atoms with Crippen molar-refractivity contribution in [3.63, 3.8) is 0 Å². The monoisotopic (exact) mass is 350 g/mol. The summed E-state index contributed by atoms with van der Waals surface area (Å²) in [6.45, 7) is 2.57. The molecule has 1 saturated heterocycles. The highest BCUT2D eigenvalue weighted by Gasteiger charge is 2.28. The van der Waals surface area contributed by atoms with Crippen molar-refractivity contribution in [2.45, 2.75) is 32.1 Å². The lowest BCUT2D eigenvalue weighted by Crippen LogP contribution is -2.39. The summed E-state index contributed by atoms with van der Waals surface area (Å²) < 4.78 is 26.7. The lowest BCUT2D eigenvalue weighted by Gasteiger charge is -2.22. The number of anilines is 1. The van der Waals surface area contributed by atoms with E-state index in [0.717, 1.165) is 43.6 Å². The van der Waals surface area contributed by atoms with Gasteiger partial charge in [-0.05, 0) is 30.9 Å². The van der Waals surface area contributed by atoms with E-state index in [2.05, 4.69) is 9.89 Å². The molecule has 2 N–H and O–H groups in total. The average molecular weight is 350 g/mol. The second-order valence-electron chi connectivity index (χ2n) is 6.41. The summed E-state index contributed by atoms with van der Waals surface area (Å²) >= 11 is 0. The minimum absolute atomic E-state index is 0.00409. The number of guanidine groups is 1. The molecule has 2 heterocycles. The van der Waals surface area contributed by atoms with E-state index in [1.807, 2.05) is 24.3 Å². The van der Waals surface area contributed by atoms with Crippen molar-refractivity contribution in [1.82, 2.24) is 4.90 Å². The van der Waals surface area contributed by atoms with Gasteiger partial charge in [0.2, 0.25) is 10.0 Å². The number of nitrogens with two attached hydrogens (primary N) is 1. The minimum Gasteiger partial charge on any atom is -0.370 e. The summed E-state index contributed by atoms with van der Waals surface area (Å²) in [5, 5.41) is 0. The van der Waals surface area contributed by atoms with Crippen LogP contribution in [0.3, 0.4) is 0 Å². The first-order valence-corrected chi connectivity index (χ1v) is 10.3. The number of fused-ring (bicyclic) bond motifs is 1. The van der Waals surface area contributed by atoms with Gasteiger partial charge < -0.3 is 10.6 Å². The summed E-state index contributed by atoms with van der Waals surface area (Å²) in [6.07, 6.45) is 5.48. The Morgan fingerprint density at radius 1 is 1.08 bits per heavy atom. The number of nitrogens with zero attached hydrogens (tertiary/aromatic N) is 3. The van der Waals surface area contributed by atoms with Crippen molar-refractivity contribution < 1.29 is 8.42 Å². The maximum absolute atomic E-state index is 12.6. The zero-order chi connectivity index (χ0) is 17.0. The van der Waals surface area contributed by atoms with Gasteiger partial charge in [-0.2, -0.15) is 0 Å². The van der Waals surface area contributed by atoms with Crippen LogP contribution in [-0.4, -0.2) is 51.2 Å². The molecule has 0 spiro atoms. The predicted octanol–water partition coefficient (Wildman–Crippen LogP) is 1.57. The standard InChI is InChI=1S/C17H26N4O2S/c18-17(20-11-5-1-2-6-12-20)19-10-14-24(22,23)21-13-9-15-7-3-4-8-16(15)21/h3-4,7-8H,1-2,5-6,9-14H2,(H2,18,19). The summed E-state index contributed by atoms with van der Waals surface area (Å²) in [7, 11) is -3.35. The third-order valence-electron chi connectivity index (χ3n) is 4.73. The molecule has 0 atom stereocenters. The van der Waals surface area contributed by atoms with Gasteiger partial charge in [0.25, 0.3) is 0 Å². The van der Waals surface area contributed by atoms with Crippen molar-refractivity contribution in [2.24, 2.45) is 10.7 Å². The van der Waals surface area contributed by atoms with Crippen LogP contribution in [0.1, 0.15) is 31.2 Å². The molecule has 3 rings (SSSR count). The lowest BCUT2D eigenvalue weighted by atomic mass is 10.2. The predicted molar refractivity (Wildman–Crippen MR) is 97.8 cm³/mol. The number of rotatable bonds is 4. The average Bonchev–Trinajstić information content (AvgIpc) is 2.82. The maximum Gasteiger partial charge on any atom is 0.237 e. The summed E-state index contributed by atoms with van der Waals surface area (Å²) in [5.41, 5.74) is 7.94. The Morgan fingerprint density at radius 2 is 1.79 bits per heavy atom. The van der Waals surface area contributed by atoms with Crippen LogP contribution in [0.2, 0.25) is 0 Å². The molecule has 1 aromatic rings. The second-order valence-corrected chi connectivity index (χ2v) is 8.42. The Hall–Kier alpha value is -1.76. The van der Waals surface area contributed by atoms with Gasteiger partial charge in [-0.1, -0.05) is 31.0 Å². The molecule has 0 saturated carbocycles. The minimum atomic E-state index is -3.35. The molecule has 1 aromatic carbocycles. The van der Waals surface area contributed by atoms with Crippen molar-refractivity contribution in [3.8, 4) is 0 Å². The third-order valence-corrected chi connectivity index (χ3v) is 6.48. The highest BCUT2D eigenvalue weighted by atomic mass is 32.2. The van der Waals surface area contributed by atoms with Gasteiger partial charge in [0, 0.05) is 19.6 Å². The molecule has 2 aliphatic heterocycles. The molecular formula is C17H26N4O2S. The number of aliphatic imine (C=N–C) groups is 1. The highest BCUT2D eigenvalue weighted by molar-refractivity contribution is 7.92. The molecule has 7 heteroatoms. The second kappa shape index (κ2) is 7.42. The van der Waals surface area contributed by atoms with Crippen molar-refractivity contribution in [3.05, 3.63) is 29.8 Å². The van der Waals surface area contributed by atoms with E-state index < -0.39 is 10.0 Å². The van der Waals surface area contributed by atoms with Crippen LogP contribution < -0.4 is 10.0 Å². The summed E-state index contributed by atoms with van der Waals surface area (Å²) in [4.78, 5) is 6.39. The fourth-order valence-corrected chi connectivity index (χ4v) is 4.77. The largest absolute Gasteiger partial charge is 0.370 e. The van der Waals surface area contributed by atoms with Gasteiger partial charge in [-0.3, -0.25) is 9.30 Å². The van der Waals surface area contributed by atoms with E-state index in [-0.39, 0.29) is 12.3 Å². The van der Waals surface area contributed by atoms with E-state index in [0.29, 0.717) is 12.5 Å². The van der Waals surface area contributed by atoms with Crippen molar-refractivity contribution >= 4 is 21.7 Å². The van der Waals surface area contributed by atoms with Gasteiger partial charge in [0.15, 0.2) is 5.96 Å². The molecular weight excluding hydrogens is 324 g/mol. The Labute approximate surface area is 144 Å². The van der Waals surface area contributed by atoms with Crippen LogP contribution in [0, 0.1) is 0 Å². The zero-order valence-corrected chi connectivity index (χ0v) is 14.8. The topological polar surface area (TPSA) is 79.0 Å². The molecule has 132 valence electrons. The van der Waals surface area contributed by atoms with Crippen LogP contribution >= 0.6 is 0 Å². The smallest absolute Gasteiger partial charge is 0.237 e. The molecule has 6 nitrogen and oxygen atoms in total. The number of para-hydroxylation sites is 1. The molecule has 0 amide bonds. The van der Waals surface area contributed by atoms with Gasteiger partial charge in [0.05, 0.1) is 18.0 Å². The van der Waals surface area contributed by atoms with E-state index in [9.17, 15) is 8.42 Å². The van der Waals surface area contributed by atoms with E-state index >= 15 is 0 Å². The third kappa shape index (κ3) is 3.83. The van der Waals surface area contributed by atoms with Crippen LogP contribution in [-0.2, 0) is 16.4 Å². The Morgan fingerprint density at radius 3 is 2.54 bits per heavy atom. The fraction of sp³-hybridized carbons (Fsp3) is 0.588. The van der Waals surface area contributed by atoms with E-state index in [1.165, 1.54) is 17.1 Å². The van der Waals surface area contributed by atoms with Crippen molar-refractivity contribution in [2.75, 3.05) is 36.2 Å². The first-order chi connectivity index (χ1) is 11.6. The molecule has 24 heavy (non-hydrogen) atoms. The molecule has 1 fully saturated rings. The summed E-state index contributed by atoms with van der Waals surface area (Å²) in [6, 6.07) is 7.68. The highest BCUT2D eigenvalue weighted by Crippen LogP contribution is 2.29. The molecule has 0 aliphatic carbocycles. The van der Waals surface area contributed by atoms with Gasteiger partial charge in [-0.15, -0.1) is 0 Å². The number of likely N-dealkylation sites (tertiary alicyclic amines) is 1. The fourth-order valence-electron chi connectivity index (χ4n) is 3.38. The quantitative estimate of drug-likeness (QED) is 0.660. The number of hydrogen-bond donors (Lipinski definition) is 1. The van der Waals surface area contributed by atoms with E-state index in [4.69, 9.17) is 5.73 Å². The van der Waals surface area contributed by atoms with Crippen LogP contribution in [0.25, 0.3) is 0 Å². The molecule has 2 aliphatic rings. The number of hydrogen-bond acceptors (Lipinski definition) is 3.